The lowest BCUT2D eigenvalue weighted by Crippen LogP contribution is -2.27. The molecule has 1 unspecified atom stereocenters. The van der Waals surface area contributed by atoms with Crippen LogP contribution in [0.15, 0.2) is 49.3 Å². The van der Waals surface area contributed by atoms with E-state index >= 15 is 0 Å². The Morgan fingerprint density at radius 1 is 1.17 bits per heavy atom. The monoisotopic (exact) mass is 308 g/mol. The minimum absolute atomic E-state index is 0.143. The van der Waals surface area contributed by atoms with Crippen LogP contribution in [0.5, 0.6) is 0 Å². The molecule has 0 radical (unpaired) electrons. The van der Waals surface area contributed by atoms with Gasteiger partial charge in [0.1, 0.15) is 18.3 Å². The van der Waals surface area contributed by atoms with E-state index in [0.717, 1.165) is 16.9 Å². The molecule has 7 nitrogen and oxygen atoms in total. The number of hydrogen-bond acceptors (Lipinski definition) is 5. The quantitative estimate of drug-likeness (QED) is 0.795. The van der Waals surface area contributed by atoms with Crippen molar-refractivity contribution in [3.8, 4) is 5.69 Å². The van der Waals surface area contributed by atoms with Crippen LogP contribution >= 0.6 is 0 Å². The predicted octanol–water partition coefficient (Wildman–Crippen LogP) is 1.86. The fourth-order valence-corrected chi connectivity index (χ4v) is 2.12. The van der Waals surface area contributed by atoms with Crippen LogP contribution < -0.4 is 5.32 Å². The summed E-state index contributed by atoms with van der Waals surface area (Å²) in [7, 11) is 0. The van der Waals surface area contributed by atoms with Crippen molar-refractivity contribution in [3.63, 3.8) is 0 Å². The molecule has 0 saturated heterocycles. The van der Waals surface area contributed by atoms with Crippen molar-refractivity contribution < 1.29 is 4.79 Å². The lowest BCUT2D eigenvalue weighted by molar-refractivity contribution is 0.0934. The SMILES string of the molecule is Cc1cnc(C(=O)NC(C)c2ccc(-n3cncn3)cc2)cn1. The molecule has 1 aromatic carbocycles. The molecule has 0 aliphatic rings. The molecule has 1 N–H and O–H groups in total. The molecule has 0 bridgehead atoms. The molecule has 3 rings (SSSR count). The number of aromatic nitrogens is 5. The van der Waals surface area contributed by atoms with Crippen LogP contribution in [-0.4, -0.2) is 30.6 Å². The first-order chi connectivity index (χ1) is 11.1. The van der Waals surface area contributed by atoms with Gasteiger partial charge in [0.15, 0.2) is 0 Å². The second-order valence-electron chi connectivity index (χ2n) is 5.17. The van der Waals surface area contributed by atoms with Crippen molar-refractivity contribution in [2.45, 2.75) is 19.9 Å². The number of amides is 1. The maximum absolute atomic E-state index is 12.2. The Labute approximate surface area is 133 Å². The Morgan fingerprint density at radius 3 is 2.57 bits per heavy atom. The maximum Gasteiger partial charge on any atom is 0.271 e. The van der Waals surface area contributed by atoms with Crippen LogP contribution in [0.25, 0.3) is 5.69 Å². The van der Waals surface area contributed by atoms with E-state index < -0.39 is 0 Å². The fraction of sp³-hybridized carbons (Fsp3) is 0.188. The Kier molecular flexibility index (Phi) is 4.09. The van der Waals surface area contributed by atoms with E-state index in [1.807, 2.05) is 38.1 Å². The molecule has 1 amide bonds. The van der Waals surface area contributed by atoms with Crippen molar-refractivity contribution in [1.29, 1.82) is 0 Å². The number of carbonyl (C=O) groups is 1. The lowest BCUT2D eigenvalue weighted by atomic mass is 10.1. The molecule has 116 valence electrons. The highest BCUT2D eigenvalue weighted by molar-refractivity contribution is 5.92. The Balaban J connectivity index is 1.69. The highest BCUT2D eigenvalue weighted by Gasteiger charge is 2.13. The van der Waals surface area contributed by atoms with E-state index in [0.29, 0.717) is 5.69 Å². The van der Waals surface area contributed by atoms with Gasteiger partial charge in [0.05, 0.1) is 23.6 Å². The zero-order chi connectivity index (χ0) is 16.2. The highest BCUT2D eigenvalue weighted by Crippen LogP contribution is 2.15. The van der Waals surface area contributed by atoms with E-state index in [9.17, 15) is 4.79 Å². The normalized spacial score (nSPS) is 11.9. The topological polar surface area (TPSA) is 85.6 Å². The van der Waals surface area contributed by atoms with Crippen molar-refractivity contribution in [1.82, 2.24) is 30.0 Å². The number of aryl methyl sites for hydroxylation is 1. The fourth-order valence-electron chi connectivity index (χ4n) is 2.12. The third kappa shape index (κ3) is 3.39. The molecule has 1 atom stereocenters. The van der Waals surface area contributed by atoms with Gasteiger partial charge in [0.2, 0.25) is 0 Å². The number of benzene rings is 1. The van der Waals surface area contributed by atoms with Crippen molar-refractivity contribution >= 4 is 5.91 Å². The van der Waals surface area contributed by atoms with Gasteiger partial charge in [0, 0.05) is 6.20 Å². The number of carbonyl (C=O) groups excluding carboxylic acids is 1. The molecule has 0 fully saturated rings. The molecular weight excluding hydrogens is 292 g/mol. The van der Waals surface area contributed by atoms with Gasteiger partial charge in [-0.2, -0.15) is 5.10 Å². The third-order valence-electron chi connectivity index (χ3n) is 3.44. The molecule has 2 aromatic heterocycles. The summed E-state index contributed by atoms with van der Waals surface area (Å²) < 4.78 is 1.68. The summed E-state index contributed by atoms with van der Waals surface area (Å²) in [6.07, 6.45) is 6.17. The summed E-state index contributed by atoms with van der Waals surface area (Å²) in [5.74, 6) is -0.245. The molecule has 0 aliphatic heterocycles. The maximum atomic E-state index is 12.2. The molecule has 2 heterocycles. The summed E-state index contributed by atoms with van der Waals surface area (Å²) >= 11 is 0. The van der Waals surface area contributed by atoms with Gasteiger partial charge >= 0.3 is 0 Å². The van der Waals surface area contributed by atoms with Gasteiger partial charge in [-0.15, -0.1) is 0 Å². The molecule has 7 heteroatoms. The standard InChI is InChI=1S/C16H16N6O/c1-11-7-19-15(8-18-11)16(23)21-12(2)13-3-5-14(6-4-13)22-10-17-9-20-22/h3-10,12H,1-2H3,(H,21,23). The van der Waals surface area contributed by atoms with E-state index in [1.54, 1.807) is 17.2 Å². The molecule has 3 aromatic rings. The number of nitrogens with one attached hydrogen (secondary N) is 1. The first-order valence-electron chi connectivity index (χ1n) is 7.18. The van der Waals surface area contributed by atoms with Crippen molar-refractivity contribution in [2.75, 3.05) is 0 Å². The van der Waals surface area contributed by atoms with Gasteiger partial charge in [-0.25, -0.2) is 14.6 Å². The van der Waals surface area contributed by atoms with E-state index in [1.165, 1.54) is 12.5 Å². The number of nitrogens with zero attached hydrogens (tertiary/aromatic N) is 5. The lowest BCUT2D eigenvalue weighted by Gasteiger charge is -2.14. The predicted molar refractivity (Wildman–Crippen MR) is 84.0 cm³/mol. The zero-order valence-electron chi connectivity index (χ0n) is 12.8. The van der Waals surface area contributed by atoms with Crippen LogP contribution in [0.2, 0.25) is 0 Å². The summed E-state index contributed by atoms with van der Waals surface area (Å²) in [5, 5.41) is 6.99. The Hall–Kier alpha value is -3.09. The second kappa shape index (κ2) is 6.35. The number of hydrogen-bond donors (Lipinski definition) is 1. The van der Waals surface area contributed by atoms with Gasteiger partial charge in [0.25, 0.3) is 5.91 Å². The van der Waals surface area contributed by atoms with Crippen LogP contribution in [0.4, 0.5) is 0 Å². The van der Waals surface area contributed by atoms with Crippen LogP contribution in [-0.2, 0) is 0 Å². The second-order valence-corrected chi connectivity index (χ2v) is 5.17. The summed E-state index contributed by atoms with van der Waals surface area (Å²) in [6, 6.07) is 7.61. The van der Waals surface area contributed by atoms with Crippen LogP contribution in [0, 0.1) is 6.92 Å². The van der Waals surface area contributed by atoms with E-state index in [-0.39, 0.29) is 11.9 Å². The Morgan fingerprint density at radius 2 is 1.96 bits per heavy atom. The molecule has 0 saturated carbocycles. The highest BCUT2D eigenvalue weighted by atomic mass is 16.1. The average molecular weight is 308 g/mol. The van der Waals surface area contributed by atoms with Gasteiger partial charge in [-0.3, -0.25) is 9.78 Å². The Bertz CT molecular complexity index is 780. The first kappa shape index (κ1) is 14.8. The third-order valence-corrected chi connectivity index (χ3v) is 3.44. The summed E-state index contributed by atoms with van der Waals surface area (Å²) in [4.78, 5) is 24.2. The van der Waals surface area contributed by atoms with E-state index in [2.05, 4.69) is 25.4 Å². The van der Waals surface area contributed by atoms with Crippen molar-refractivity contribution in [2.24, 2.45) is 0 Å². The molecule has 23 heavy (non-hydrogen) atoms. The minimum Gasteiger partial charge on any atom is -0.344 e. The smallest absolute Gasteiger partial charge is 0.271 e. The van der Waals surface area contributed by atoms with Gasteiger partial charge in [-0.05, 0) is 31.5 Å². The largest absolute Gasteiger partial charge is 0.344 e. The van der Waals surface area contributed by atoms with Gasteiger partial charge < -0.3 is 5.32 Å². The summed E-state index contributed by atoms with van der Waals surface area (Å²) in [6.45, 7) is 3.75. The number of rotatable bonds is 4. The molecular formula is C16H16N6O. The minimum atomic E-state index is -0.245. The molecule has 0 spiro atoms. The summed E-state index contributed by atoms with van der Waals surface area (Å²) in [5.41, 5.74) is 2.98. The van der Waals surface area contributed by atoms with Crippen LogP contribution in [0.1, 0.15) is 34.7 Å². The van der Waals surface area contributed by atoms with Crippen molar-refractivity contribution in [3.05, 3.63) is 66.3 Å². The zero-order valence-corrected chi connectivity index (χ0v) is 12.8. The average Bonchev–Trinajstić information content (AvgIpc) is 3.10. The first-order valence-corrected chi connectivity index (χ1v) is 7.18. The van der Waals surface area contributed by atoms with E-state index in [4.69, 9.17) is 0 Å². The molecule has 0 aliphatic carbocycles. The van der Waals surface area contributed by atoms with Gasteiger partial charge in [-0.1, -0.05) is 12.1 Å². The van der Waals surface area contributed by atoms with Crippen LogP contribution in [0.3, 0.4) is 0 Å².